The van der Waals surface area contributed by atoms with Crippen molar-refractivity contribution in [2.75, 3.05) is 30.4 Å². The molecule has 3 aromatic rings. The van der Waals surface area contributed by atoms with Crippen LogP contribution in [0.4, 0.5) is 11.6 Å². The first-order valence-electron chi connectivity index (χ1n) is 10.7. The van der Waals surface area contributed by atoms with Gasteiger partial charge in [0.15, 0.2) is 5.82 Å². The molecule has 0 saturated carbocycles. The van der Waals surface area contributed by atoms with E-state index in [9.17, 15) is 4.79 Å². The standard InChI is InChI=1S/C24H28N6O2/c1-5-29(6-2)17-13-11-16(12-14-17)23-27-24-26-15(3)20(22(25)31)21(30(24)28-23)18-9-7-8-10-19(18)32-4/h7-14,21H,5-6H2,1-4H3,(H2,25,31)(H,26,27,28). The van der Waals surface area contributed by atoms with Crippen molar-refractivity contribution in [3.8, 4) is 17.1 Å². The monoisotopic (exact) mass is 432 g/mol. The van der Waals surface area contributed by atoms with Crippen molar-refractivity contribution in [1.82, 2.24) is 14.8 Å². The highest BCUT2D eigenvalue weighted by Gasteiger charge is 2.35. The highest BCUT2D eigenvalue weighted by Crippen LogP contribution is 2.39. The van der Waals surface area contributed by atoms with Crippen LogP contribution in [0.5, 0.6) is 5.75 Å². The largest absolute Gasteiger partial charge is 0.496 e. The number of nitrogens with one attached hydrogen (secondary N) is 1. The highest BCUT2D eigenvalue weighted by molar-refractivity contribution is 5.95. The molecule has 1 aliphatic rings. The van der Waals surface area contributed by atoms with Gasteiger partial charge in [-0.25, -0.2) is 4.68 Å². The summed E-state index contributed by atoms with van der Waals surface area (Å²) in [6, 6.07) is 15.2. The third-order valence-corrected chi connectivity index (χ3v) is 5.81. The summed E-state index contributed by atoms with van der Waals surface area (Å²) in [6.45, 7) is 7.98. The normalized spacial score (nSPS) is 15.2. The maximum absolute atomic E-state index is 12.4. The third kappa shape index (κ3) is 3.68. The van der Waals surface area contributed by atoms with Crippen molar-refractivity contribution < 1.29 is 9.53 Å². The number of carbonyl (C=O) groups is 1. The number of primary amides is 1. The van der Waals surface area contributed by atoms with Crippen LogP contribution in [0, 0.1) is 0 Å². The second-order valence-electron chi connectivity index (χ2n) is 7.60. The van der Waals surface area contributed by atoms with E-state index in [1.54, 1.807) is 11.8 Å². The molecule has 8 nitrogen and oxygen atoms in total. The molecule has 0 radical (unpaired) electrons. The second kappa shape index (κ2) is 8.74. The Labute approximate surface area is 187 Å². The van der Waals surface area contributed by atoms with Crippen LogP contribution in [0.3, 0.4) is 0 Å². The molecule has 0 aliphatic carbocycles. The van der Waals surface area contributed by atoms with Crippen LogP contribution in [0.2, 0.25) is 0 Å². The second-order valence-corrected chi connectivity index (χ2v) is 7.60. The van der Waals surface area contributed by atoms with Crippen molar-refractivity contribution in [2.45, 2.75) is 26.8 Å². The Hall–Kier alpha value is -3.81. The molecule has 1 aliphatic heterocycles. The van der Waals surface area contributed by atoms with Gasteiger partial charge in [0.25, 0.3) is 0 Å². The van der Waals surface area contributed by atoms with Gasteiger partial charge in [-0.1, -0.05) is 18.2 Å². The van der Waals surface area contributed by atoms with Crippen molar-refractivity contribution >= 4 is 17.5 Å². The molecule has 1 unspecified atom stereocenters. The zero-order valence-electron chi connectivity index (χ0n) is 18.8. The average Bonchev–Trinajstić information content (AvgIpc) is 3.22. The van der Waals surface area contributed by atoms with E-state index in [-0.39, 0.29) is 0 Å². The van der Waals surface area contributed by atoms with Gasteiger partial charge in [0.05, 0.1) is 12.7 Å². The average molecular weight is 433 g/mol. The van der Waals surface area contributed by atoms with Crippen molar-refractivity contribution in [2.24, 2.45) is 5.73 Å². The quantitative estimate of drug-likeness (QED) is 0.592. The number of methoxy groups -OCH3 is 1. The number of ether oxygens (including phenoxy) is 1. The van der Waals surface area contributed by atoms with Crippen molar-refractivity contribution in [3.63, 3.8) is 0 Å². The van der Waals surface area contributed by atoms with Gasteiger partial charge in [0.2, 0.25) is 11.9 Å². The number of nitrogens with two attached hydrogens (primary N) is 1. The Bertz CT molecular complexity index is 1160. The fraction of sp³-hybridized carbons (Fsp3) is 0.292. The number of aromatic nitrogens is 3. The highest BCUT2D eigenvalue weighted by atomic mass is 16.5. The van der Waals surface area contributed by atoms with Crippen LogP contribution in [0.15, 0.2) is 59.8 Å². The molecule has 1 aromatic heterocycles. The van der Waals surface area contributed by atoms with Crippen LogP contribution in [-0.2, 0) is 4.79 Å². The lowest BCUT2D eigenvalue weighted by Crippen LogP contribution is -2.32. The van der Waals surface area contributed by atoms with Crippen LogP contribution in [-0.4, -0.2) is 40.9 Å². The Kier molecular flexibility index (Phi) is 5.85. The topological polar surface area (TPSA) is 98.3 Å². The maximum atomic E-state index is 12.4. The minimum atomic E-state index is -0.545. The molecule has 1 atom stereocenters. The molecule has 2 heterocycles. The summed E-state index contributed by atoms with van der Waals surface area (Å²) >= 11 is 0. The summed E-state index contributed by atoms with van der Waals surface area (Å²) in [5.41, 5.74) is 9.69. The molecule has 3 N–H and O–H groups in total. The predicted molar refractivity (Wildman–Crippen MR) is 126 cm³/mol. The van der Waals surface area contributed by atoms with E-state index in [1.807, 2.05) is 43.3 Å². The van der Waals surface area contributed by atoms with Gasteiger partial charge in [-0.05, 0) is 51.1 Å². The SMILES string of the molecule is CCN(CC)c1ccc(-c2nc3n(n2)C(c2ccccc2OC)C(C(N)=O)=C(C)N3)cc1. The fourth-order valence-corrected chi connectivity index (χ4v) is 4.18. The number of carbonyl (C=O) groups excluding carboxylic acids is 1. The van der Waals surface area contributed by atoms with E-state index in [0.717, 1.165) is 29.9 Å². The lowest BCUT2D eigenvalue weighted by Gasteiger charge is -2.28. The summed E-state index contributed by atoms with van der Waals surface area (Å²) < 4.78 is 7.27. The number of hydrogen-bond acceptors (Lipinski definition) is 6. The van der Waals surface area contributed by atoms with Gasteiger partial charge in [-0.2, -0.15) is 4.98 Å². The zero-order chi connectivity index (χ0) is 22.8. The minimum Gasteiger partial charge on any atom is -0.496 e. The van der Waals surface area contributed by atoms with Crippen LogP contribution in [0.25, 0.3) is 11.4 Å². The first kappa shape index (κ1) is 21.4. The number of fused-ring (bicyclic) bond motifs is 1. The van der Waals surface area contributed by atoms with E-state index >= 15 is 0 Å². The lowest BCUT2D eigenvalue weighted by molar-refractivity contribution is -0.115. The van der Waals surface area contributed by atoms with Crippen molar-refractivity contribution in [1.29, 1.82) is 0 Å². The Morgan fingerprint density at radius 2 is 1.84 bits per heavy atom. The van der Waals surface area contributed by atoms with Gasteiger partial charge in [-0.3, -0.25) is 4.79 Å². The number of amides is 1. The molecule has 4 rings (SSSR count). The molecule has 0 spiro atoms. The minimum absolute atomic E-state index is 0.426. The summed E-state index contributed by atoms with van der Waals surface area (Å²) in [6.07, 6.45) is 0. The first-order chi connectivity index (χ1) is 15.5. The fourth-order valence-electron chi connectivity index (χ4n) is 4.18. The lowest BCUT2D eigenvalue weighted by atomic mass is 9.94. The van der Waals surface area contributed by atoms with E-state index < -0.39 is 11.9 Å². The number of allylic oxidation sites excluding steroid dienone is 1. The van der Waals surface area contributed by atoms with E-state index in [1.165, 1.54) is 0 Å². The van der Waals surface area contributed by atoms with E-state index in [4.69, 9.17) is 20.6 Å². The molecular formula is C24H28N6O2. The van der Waals surface area contributed by atoms with Gasteiger partial charge in [0.1, 0.15) is 11.8 Å². The smallest absolute Gasteiger partial charge is 0.248 e. The Morgan fingerprint density at radius 1 is 1.16 bits per heavy atom. The summed E-state index contributed by atoms with van der Waals surface area (Å²) in [7, 11) is 1.60. The molecule has 32 heavy (non-hydrogen) atoms. The molecule has 0 saturated heterocycles. The molecule has 1 amide bonds. The molecule has 2 aromatic carbocycles. The number of para-hydroxylation sites is 1. The zero-order valence-corrected chi connectivity index (χ0v) is 18.8. The summed E-state index contributed by atoms with van der Waals surface area (Å²) in [5.74, 6) is 1.25. The van der Waals surface area contributed by atoms with Gasteiger partial charge in [-0.15, -0.1) is 5.10 Å². The maximum Gasteiger partial charge on any atom is 0.248 e. The predicted octanol–water partition coefficient (Wildman–Crippen LogP) is 3.57. The summed E-state index contributed by atoms with van der Waals surface area (Å²) in [5, 5.41) is 7.95. The number of anilines is 2. The van der Waals surface area contributed by atoms with E-state index in [0.29, 0.717) is 28.8 Å². The molecule has 8 heteroatoms. The number of rotatable bonds is 7. The Morgan fingerprint density at radius 3 is 2.47 bits per heavy atom. The number of nitrogens with zero attached hydrogens (tertiary/aromatic N) is 4. The van der Waals surface area contributed by atoms with Gasteiger partial charge >= 0.3 is 0 Å². The molecule has 0 fully saturated rings. The van der Waals surface area contributed by atoms with Crippen LogP contribution >= 0.6 is 0 Å². The first-order valence-corrected chi connectivity index (χ1v) is 10.7. The van der Waals surface area contributed by atoms with E-state index in [2.05, 4.69) is 36.2 Å². The number of hydrogen-bond donors (Lipinski definition) is 2. The van der Waals surface area contributed by atoms with Gasteiger partial charge in [0, 0.05) is 35.6 Å². The Balaban J connectivity index is 1.80. The third-order valence-electron chi connectivity index (χ3n) is 5.81. The van der Waals surface area contributed by atoms with Crippen molar-refractivity contribution in [3.05, 3.63) is 65.4 Å². The summed E-state index contributed by atoms with van der Waals surface area (Å²) in [4.78, 5) is 19.4. The van der Waals surface area contributed by atoms with Crippen LogP contribution in [0.1, 0.15) is 32.4 Å². The molecular weight excluding hydrogens is 404 g/mol. The molecule has 0 bridgehead atoms. The van der Waals surface area contributed by atoms with Crippen LogP contribution < -0.4 is 20.7 Å². The molecule has 166 valence electrons. The van der Waals surface area contributed by atoms with Gasteiger partial charge < -0.3 is 20.7 Å². The number of benzene rings is 2.